The van der Waals surface area contributed by atoms with E-state index in [1.807, 2.05) is 6.07 Å². The van der Waals surface area contributed by atoms with Gasteiger partial charge in [0.25, 0.3) is 5.91 Å². The summed E-state index contributed by atoms with van der Waals surface area (Å²) in [6.45, 7) is 5.52. The Morgan fingerprint density at radius 1 is 1.50 bits per heavy atom. The Morgan fingerprint density at radius 2 is 2.15 bits per heavy atom. The molecule has 0 saturated carbocycles. The lowest BCUT2D eigenvalue weighted by Crippen LogP contribution is -2.37. The molecule has 1 amide bonds. The number of nitriles is 1. The Hall–Kier alpha value is -2.42. The minimum Gasteiger partial charge on any atom is -0.481 e. The molecule has 0 aromatic carbocycles. The summed E-state index contributed by atoms with van der Waals surface area (Å²) in [5, 5.41) is 17.7. The topological polar surface area (TPSA) is 94.3 Å². The molecule has 0 saturated heterocycles. The maximum absolute atomic E-state index is 12.3. The van der Waals surface area contributed by atoms with Crippen LogP contribution in [0.1, 0.15) is 35.6 Å². The van der Waals surface area contributed by atoms with E-state index in [0.717, 1.165) is 0 Å². The van der Waals surface area contributed by atoms with Gasteiger partial charge in [-0.2, -0.15) is 5.26 Å². The van der Waals surface area contributed by atoms with Crippen LogP contribution in [0.3, 0.4) is 0 Å². The maximum atomic E-state index is 12.3. The van der Waals surface area contributed by atoms with E-state index in [1.165, 1.54) is 11.0 Å². The second kappa shape index (κ2) is 6.66. The molecule has 1 atom stereocenters. The smallest absolute Gasteiger partial charge is 0.308 e. The zero-order valence-corrected chi connectivity index (χ0v) is 11.8. The largest absolute Gasteiger partial charge is 0.481 e. The van der Waals surface area contributed by atoms with Crippen molar-refractivity contribution in [1.29, 1.82) is 5.26 Å². The van der Waals surface area contributed by atoms with Crippen LogP contribution in [0.4, 0.5) is 0 Å². The van der Waals surface area contributed by atoms with Crippen LogP contribution in [0.15, 0.2) is 12.1 Å². The molecule has 106 valence electrons. The summed E-state index contributed by atoms with van der Waals surface area (Å²) in [6, 6.07) is 5.02. The van der Waals surface area contributed by atoms with Gasteiger partial charge >= 0.3 is 5.97 Å². The first-order valence-electron chi connectivity index (χ1n) is 6.30. The van der Waals surface area contributed by atoms with E-state index in [2.05, 4.69) is 4.98 Å². The highest BCUT2D eigenvalue weighted by molar-refractivity contribution is 5.92. The predicted molar refractivity (Wildman–Crippen MR) is 72.1 cm³/mol. The molecule has 0 fully saturated rings. The van der Waals surface area contributed by atoms with Crippen molar-refractivity contribution in [3.63, 3.8) is 0 Å². The van der Waals surface area contributed by atoms with Gasteiger partial charge in [-0.25, -0.2) is 4.98 Å². The number of aromatic nitrogens is 1. The highest BCUT2D eigenvalue weighted by Gasteiger charge is 2.21. The monoisotopic (exact) mass is 275 g/mol. The second-order valence-corrected chi connectivity index (χ2v) is 4.52. The number of pyridine rings is 1. The van der Waals surface area contributed by atoms with Crippen molar-refractivity contribution >= 4 is 11.9 Å². The van der Waals surface area contributed by atoms with Crippen LogP contribution in [0.2, 0.25) is 0 Å². The average Bonchev–Trinajstić information content (AvgIpc) is 2.43. The van der Waals surface area contributed by atoms with E-state index in [1.54, 1.807) is 26.8 Å². The fourth-order valence-electron chi connectivity index (χ4n) is 1.72. The van der Waals surface area contributed by atoms with Crippen LogP contribution < -0.4 is 0 Å². The van der Waals surface area contributed by atoms with Gasteiger partial charge in [0.1, 0.15) is 11.8 Å². The number of hydrogen-bond donors (Lipinski definition) is 1. The van der Waals surface area contributed by atoms with Crippen LogP contribution in [0.25, 0.3) is 0 Å². The van der Waals surface area contributed by atoms with Crippen LogP contribution >= 0.6 is 0 Å². The summed E-state index contributed by atoms with van der Waals surface area (Å²) in [6.07, 6.45) is 0. The van der Waals surface area contributed by atoms with Crippen LogP contribution in [-0.2, 0) is 4.79 Å². The third kappa shape index (κ3) is 3.54. The first-order valence-corrected chi connectivity index (χ1v) is 6.30. The summed E-state index contributed by atoms with van der Waals surface area (Å²) in [7, 11) is 0. The Balaban J connectivity index is 2.94. The lowest BCUT2D eigenvalue weighted by molar-refractivity contribution is -0.141. The van der Waals surface area contributed by atoms with Gasteiger partial charge in [0.2, 0.25) is 0 Å². The van der Waals surface area contributed by atoms with Crippen molar-refractivity contribution in [3.8, 4) is 6.07 Å². The Labute approximate surface area is 117 Å². The van der Waals surface area contributed by atoms with E-state index >= 15 is 0 Å². The molecule has 0 radical (unpaired) electrons. The first kappa shape index (κ1) is 15.6. The van der Waals surface area contributed by atoms with E-state index in [9.17, 15) is 9.59 Å². The number of carbonyl (C=O) groups excluding carboxylic acids is 1. The van der Waals surface area contributed by atoms with Crippen molar-refractivity contribution in [2.24, 2.45) is 5.92 Å². The number of aryl methyl sites for hydroxylation is 1. The third-order valence-corrected chi connectivity index (χ3v) is 3.01. The Morgan fingerprint density at radius 3 is 2.60 bits per heavy atom. The third-order valence-electron chi connectivity index (χ3n) is 3.01. The molecule has 1 aromatic rings. The highest BCUT2D eigenvalue weighted by Crippen LogP contribution is 2.10. The lowest BCUT2D eigenvalue weighted by Gasteiger charge is -2.22. The molecule has 0 aliphatic rings. The van der Waals surface area contributed by atoms with E-state index in [-0.39, 0.29) is 18.1 Å². The summed E-state index contributed by atoms with van der Waals surface area (Å²) >= 11 is 0. The van der Waals surface area contributed by atoms with Gasteiger partial charge in [-0.1, -0.05) is 6.92 Å². The summed E-state index contributed by atoms with van der Waals surface area (Å²) in [5.41, 5.74) is 1.13. The molecule has 0 aliphatic carbocycles. The molecule has 0 aliphatic heterocycles. The molecule has 6 heteroatoms. The number of nitrogens with zero attached hydrogens (tertiary/aromatic N) is 3. The van der Waals surface area contributed by atoms with Gasteiger partial charge in [0.15, 0.2) is 0 Å². The Kier molecular flexibility index (Phi) is 5.21. The molecule has 0 bridgehead atoms. The molecule has 1 N–H and O–H groups in total. The average molecular weight is 275 g/mol. The van der Waals surface area contributed by atoms with Gasteiger partial charge in [-0.05, 0) is 26.0 Å². The van der Waals surface area contributed by atoms with Crippen LogP contribution in [0.5, 0.6) is 0 Å². The van der Waals surface area contributed by atoms with Crippen molar-refractivity contribution in [1.82, 2.24) is 9.88 Å². The summed E-state index contributed by atoms with van der Waals surface area (Å²) in [4.78, 5) is 28.7. The van der Waals surface area contributed by atoms with Crippen molar-refractivity contribution < 1.29 is 14.7 Å². The van der Waals surface area contributed by atoms with Crippen molar-refractivity contribution in [3.05, 3.63) is 29.1 Å². The summed E-state index contributed by atoms with van der Waals surface area (Å²) < 4.78 is 0. The van der Waals surface area contributed by atoms with E-state index in [4.69, 9.17) is 10.4 Å². The standard InChI is InChI=1S/C14H17N3O3/c1-4-17(8-9(2)14(19)20)13(18)12-6-5-11(7-15)10(3)16-12/h5-6,9H,4,8H2,1-3H3,(H,19,20). The molecule has 6 nitrogen and oxygen atoms in total. The molecule has 20 heavy (non-hydrogen) atoms. The number of carbonyl (C=O) groups is 2. The molecule has 1 aromatic heterocycles. The van der Waals surface area contributed by atoms with Crippen LogP contribution in [-0.4, -0.2) is 40.0 Å². The number of aliphatic carboxylic acids is 1. The van der Waals surface area contributed by atoms with Crippen molar-refractivity contribution in [2.45, 2.75) is 20.8 Å². The minimum atomic E-state index is -0.944. The van der Waals surface area contributed by atoms with E-state index < -0.39 is 11.9 Å². The molecule has 1 rings (SSSR count). The highest BCUT2D eigenvalue weighted by atomic mass is 16.4. The fourth-order valence-corrected chi connectivity index (χ4v) is 1.72. The molecule has 0 spiro atoms. The number of carboxylic acids is 1. The molecule has 1 unspecified atom stereocenters. The number of amides is 1. The van der Waals surface area contributed by atoms with Crippen molar-refractivity contribution in [2.75, 3.05) is 13.1 Å². The zero-order valence-electron chi connectivity index (χ0n) is 11.8. The maximum Gasteiger partial charge on any atom is 0.308 e. The molecular formula is C14H17N3O3. The van der Waals surface area contributed by atoms with Gasteiger partial charge < -0.3 is 10.0 Å². The zero-order chi connectivity index (χ0) is 15.3. The number of hydrogen-bond acceptors (Lipinski definition) is 4. The Bertz CT molecular complexity index is 563. The van der Waals surface area contributed by atoms with Crippen LogP contribution in [0, 0.1) is 24.2 Å². The number of rotatable bonds is 5. The first-order chi connectivity index (χ1) is 9.40. The lowest BCUT2D eigenvalue weighted by atomic mass is 10.1. The molecule has 1 heterocycles. The van der Waals surface area contributed by atoms with Gasteiger partial charge in [0, 0.05) is 13.1 Å². The predicted octanol–water partition coefficient (Wildman–Crippen LogP) is 1.44. The molecular weight excluding hydrogens is 258 g/mol. The number of carboxylic acid groups (broad SMARTS) is 1. The second-order valence-electron chi connectivity index (χ2n) is 4.52. The van der Waals surface area contributed by atoms with Gasteiger partial charge in [-0.3, -0.25) is 9.59 Å². The minimum absolute atomic E-state index is 0.130. The summed E-state index contributed by atoms with van der Waals surface area (Å²) in [5.74, 6) is -1.91. The van der Waals surface area contributed by atoms with Gasteiger partial charge in [0.05, 0.1) is 17.2 Å². The van der Waals surface area contributed by atoms with Gasteiger partial charge in [-0.15, -0.1) is 0 Å². The SMILES string of the molecule is CCN(CC(C)C(=O)O)C(=O)c1ccc(C#N)c(C)n1. The van der Waals surface area contributed by atoms with E-state index in [0.29, 0.717) is 17.8 Å². The fraction of sp³-hybridized carbons (Fsp3) is 0.429. The normalized spacial score (nSPS) is 11.5. The quantitative estimate of drug-likeness (QED) is 0.877.